The van der Waals surface area contributed by atoms with Crippen molar-refractivity contribution in [3.05, 3.63) is 24.0 Å². The molecule has 0 saturated heterocycles. The van der Waals surface area contributed by atoms with E-state index in [2.05, 4.69) is 4.98 Å². The Morgan fingerprint density at radius 2 is 2.10 bits per heavy atom. The first-order valence-corrected chi connectivity index (χ1v) is 7.53. The first kappa shape index (κ1) is 14.8. The highest BCUT2D eigenvalue weighted by molar-refractivity contribution is 5.66. The van der Waals surface area contributed by atoms with E-state index in [4.69, 9.17) is 9.84 Å². The average Bonchev–Trinajstić information content (AvgIpc) is 2.47. The molecule has 0 aromatic carbocycles. The van der Waals surface area contributed by atoms with Gasteiger partial charge < -0.3 is 9.84 Å². The summed E-state index contributed by atoms with van der Waals surface area (Å²) in [6.07, 6.45) is 10.2. The molecular weight excluding hydrogens is 254 g/mol. The summed E-state index contributed by atoms with van der Waals surface area (Å²) < 4.78 is 5.71. The number of hydrogen-bond acceptors (Lipinski definition) is 3. The summed E-state index contributed by atoms with van der Waals surface area (Å²) >= 11 is 0. The molecule has 1 N–H and O–H groups in total. The van der Waals surface area contributed by atoms with Gasteiger partial charge in [-0.25, -0.2) is 0 Å². The van der Waals surface area contributed by atoms with Crippen molar-refractivity contribution in [2.75, 3.05) is 6.61 Å². The summed E-state index contributed by atoms with van der Waals surface area (Å²) in [4.78, 5) is 14.7. The van der Waals surface area contributed by atoms with Crippen LogP contribution in [-0.2, 0) is 11.2 Å². The number of carboxylic acids is 1. The number of nitrogens with zero attached hydrogens (tertiary/aromatic N) is 1. The lowest BCUT2D eigenvalue weighted by molar-refractivity contribution is -0.136. The van der Waals surface area contributed by atoms with E-state index in [1.807, 2.05) is 12.1 Å². The van der Waals surface area contributed by atoms with Crippen LogP contribution in [0.3, 0.4) is 0 Å². The minimum Gasteiger partial charge on any atom is -0.492 e. The van der Waals surface area contributed by atoms with Crippen LogP contribution in [0.4, 0.5) is 0 Å². The lowest BCUT2D eigenvalue weighted by Crippen LogP contribution is -2.10. The Labute approximate surface area is 120 Å². The molecule has 0 amide bonds. The monoisotopic (exact) mass is 277 g/mol. The predicted octanol–water partition coefficient (Wildman–Crippen LogP) is 3.45. The van der Waals surface area contributed by atoms with Crippen LogP contribution in [0.15, 0.2) is 18.3 Å². The van der Waals surface area contributed by atoms with E-state index < -0.39 is 5.97 Å². The fraction of sp³-hybridized carbons (Fsp3) is 0.625. The van der Waals surface area contributed by atoms with Gasteiger partial charge in [-0.05, 0) is 24.5 Å². The predicted molar refractivity (Wildman–Crippen MR) is 76.9 cm³/mol. The molecule has 1 aliphatic carbocycles. The molecule has 4 heteroatoms. The van der Waals surface area contributed by atoms with Gasteiger partial charge in [0.05, 0.1) is 19.2 Å². The maximum absolute atomic E-state index is 10.5. The summed E-state index contributed by atoms with van der Waals surface area (Å²) in [7, 11) is 0. The van der Waals surface area contributed by atoms with Gasteiger partial charge in [-0.2, -0.15) is 0 Å². The van der Waals surface area contributed by atoms with E-state index in [1.165, 1.54) is 32.1 Å². The molecule has 1 saturated carbocycles. The van der Waals surface area contributed by atoms with Crippen LogP contribution in [-0.4, -0.2) is 22.7 Å². The SMILES string of the molecule is O=C(O)CCc1ccc(OCCC2CCCCC2)cn1. The molecule has 1 aliphatic rings. The molecular formula is C16H23NO3. The van der Waals surface area contributed by atoms with Gasteiger partial charge >= 0.3 is 5.97 Å². The molecule has 0 atom stereocenters. The fourth-order valence-electron chi connectivity index (χ4n) is 2.70. The fourth-order valence-corrected chi connectivity index (χ4v) is 2.70. The van der Waals surface area contributed by atoms with Crippen molar-refractivity contribution in [1.29, 1.82) is 0 Å². The van der Waals surface area contributed by atoms with E-state index in [-0.39, 0.29) is 6.42 Å². The van der Waals surface area contributed by atoms with Crippen molar-refractivity contribution in [1.82, 2.24) is 4.98 Å². The van der Waals surface area contributed by atoms with Crippen LogP contribution in [0.5, 0.6) is 5.75 Å². The van der Waals surface area contributed by atoms with Crippen LogP contribution >= 0.6 is 0 Å². The van der Waals surface area contributed by atoms with Gasteiger partial charge in [-0.15, -0.1) is 0 Å². The standard InChI is InChI=1S/C16H23NO3/c18-16(19)9-7-14-6-8-15(12-17-14)20-11-10-13-4-2-1-3-5-13/h6,8,12-13H,1-5,7,9-11H2,(H,18,19). The lowest BCUT2D eigenvalue weighted by atomic mass is 9.87. The van der Waals surface area contributed by atoms with E-state index in [1.54, 1.807) is 6.20 Å². The molecule has 20 heavy (non-hydrogen) atoms. The molecule has 1 aromatic heterocycles. The molecule has 4 nitrogen and oxygen atoms in total. The summed E-state index contributed by atoms with van der Waals surface area (Å²) in [5.41, 5.74) is 0.798. The van der Waals surface area contributed by atoms with Crippen LogP contribution in [0.1, 0.15) is 50.6 Å². The second-order valence-electron chi connectivity index (χ2n) is 5.52. The Balaban J connectivity index is 1.69. The molecule has 1 aromatic rings. The number of ether oxygens (including phenoxy) is 1. The Bertz CT molecular complexity index is 410. The largest absolute Gasteiger partial charge is 0.492 e. The molecule has 0 radical (unpaired) electrons. The minimum absolute atomic E-state index is 0.120. The third kappa shape index (κ3) is 5.19. The maximum Gasteiger partial charge on any atom is 0.303 e. The summed E-state index contributed by atoms with van der Waals surface area (Å²) in [6.45, 7) is 0.751. The second-order valence-corrected chi connectivity index (χ2v) is 5.52. The second kappa shape index (κ2) is 7.88. The number of pyridine rings is 1. The van der Waals surface area contributed by atoms with Crippen molar-refractivity contribution in [3.8, 4) is 5.75 Å². The first-order chi connectivity index (χ1) is 9.74. The van der Waals surface area contributed by atoms with E-state index in [0.717, 1.165) is 30.4 Å². The molecule has 0 spiro atoms. The topological polar surface area (TPSA) is 59.4 Å². The zero-order valence-electron chi connectivity index (χ0n) is 11.9. The molecule has 2 rings (SSSR count). The van der Waals surface area contributed by atoms with Gasteiger partial charge in [-0.1, -0.05) is 32.1 Å². The Morgan fingerprint density at radius 1 is 1.30 bits per heavy atom. The van der Waals surface area contributed by atoms with Gasteiger partial charge in [0, 0.05) is 12.1 Å². The molecule has 1 fully saturated rings. The Morgan fingerprint density at radius 3 is 2.75 bits per heavy atom. The Hall–Kier alpha value is -1.58. The number of hydrogen-bond donors (Lipinski definition) is 1. The molecule has 0 unspecified atom stereocenters. The number of rotatable bonds is 7. The number of carbonyl (C=O) groups is 1. The quantitative estimate of drug-likeness (QED) is 0.829. The highest BCUT2D eigenvalue weighted by Gasteiger charge is 2.13. The molecule has 0 bridgehead atoms. The van der Waals surface area contributed by atoms with Crippen molar-refractivity contribution in [3.63, 3.8) is 0 Å². The number of aryl methyl sites for hydroxylation is 1. The zero-order chi connectivity index (χ0) is 14.2. The third-order valence-corrected chi connectivity index (χ3v) is 3.91. The number of aromatic nitrogens is 1. The van der Waals surface area contributed by atoms with E-state index >= 15 is 0 Å². The third-order valence-electron chi connectivity index (χ3n) is 3.91. The molecule has 1 heterocycles. The van der Waals surface area contributed by atoms with Gasteiger partial charge in [-0.3, -0.25) is 9.78 Å². The van der Waals surface area contributed by atoms with Gasteiger partial charge in [0.2, 0.25) is 0 Å². The zero-order valence-corrected chi connectivity index (χ0v) is 11.9. The van der Waals surface area contributed by atoms with Crippen molar-refractivity contribution in [2.45, 2.75) is 51.4 Å². The van der Waals surface area contributed by atoms with Crippen molar-refractivity contribution >= 4 is 5.97 Å². The number of aliphatic carboxylic acids is 1. The Kier molecular flexibility index (Phi) is 5.84. The highest BCUT2D eigenvalue weighted by atomic mass is 16.5. The summed E-state index contributed by atoms with van der Waals surface area (Å²) in [6, 6.07) is 3.73. The minimum atomic E-state index is -0.792. The normalized spacial score (nSPS) is 16.0. The highest BCUT2D eigenvalue weighted by Crippen LogP contribution is 2.26. The van der Waals surface area contributed by atoms with Crippen LogP contribution in [0, 0.1) is 5.92 Å². The molecule has 0 aliphatic heterocycles. The summed E-state index contributed by atoms with van der Waals surface area (Å²) in [5.74, 6) is 0.811. The van der Waals surface area contributed by atoms with Crippen LogP contribution < -0.4 is 4.74 Å². The first-order valence-electron chi connectivity index (χ1n) is 7.53. The lowest BCUT2D eigenvalue weighted by Gasteiger charge is -2.21. The van der Waals surface area contributed by atoms with Gasteiger partial charge in [0.25, 0.3) is 0 Å². The van der Waals surface area contributed by atoms with E-state index in [9.17, 15) is 4.79 Å². The smallest absolute Gasteiger partial charge is 0.303 e. The molecule has 110 valence electrons. The van der Waals surface area contributed by atoms with Gasteiger partial charge in [0.1, 0.15) is 5.75 Å². The van der Waals surface area contributed by atoms with Crippen LogP contribution in [0.2, 0.25) is 0 Å². The van der Waals surface area contributed by atoms with Crippen molar-refractivity contribution < 1.29 is 14.6 Å². The van der Waals surface area contributed by atoms with Crippen molar-refractivity contribution in [2.24, 2.45) is 5.92 Å². The summed E-state index contributed by atoms with van der Waals surface area (Å²) in [5, 5.41) is 8.62. The number of carboxylic acid groups (broad SMARTS) is 1. The van der Waals surface area contributed by atoms with Crippen LogP contribution in [0.25, 0.3) is 0 Å². The van der Waals surface area contributed by atoms with E-state index in [0.29, 0.717) is 6.42 Å². The van der Waals surface area contributed by atoms with Gasteiger partial charge in [0.15, 0.2) is 0 Å². The maximum atomic E-state index is 10.5. The average molecular weight is 277 g/mol.